The molecule has 2 aliphatic carbocycles. The number of thioether (sulfide) groups is 1. The summed E-state index contributed by atoms with van der Waals surface area (Å²) < 4.78 is 0. The molecule has 4 atom stereocenters. The molecule has 0 aromatic rings. The van der Waals surface area contributed by atoms with Gasteiger partial charge in [0, 0.05) is 29.9 Å². The van der Waals surface area contributed by atoms with E-state index in [9.17, 15) is 4.79 Å². The zero-order valence-corrected chi connectivity index (χ0v) is 13.0. The van der Waals surface area contributed by atoms with Gasteiger partial charge in [-0.1, -0.05) is 31.9 Å². The lowest BCUT2D eigenvalue weighted by Crippen LogP contribution is -2.50. The summed E-state index contributed by atoms with van der Waals surface area (Å²) in [6.07, 6.45) is 9.56. The number of hydrogen-bond acceptors (Lipinski definition) is 3. The summed E-state index contributed by atoms with van der Waals surface area (Å²) in [7, 11) is 0. The van der Waals surface area contributed by atoms with Crippen LogP contribution in [0.4, 0.5) is 4.79 Å². The molecule has 20 heavy (non-hydrogen) atoms. The Bertz CT molecular complexity index is 347. The second kappa shape index (κ2) is 7.93. The van der Waals surface area contributed by atoms with Crippen molar-refractivity contribution in [1.29, 1.82) is 0 Å². The van der Waals surface area contributed by atoms with Gasteiger partial charge in [-0.15, -0.1) is 0 Å². The van der Waals surface area contributed by atoms with Gasteiger partial charge in [0.2, 0.25) is 0 Å². The van der Waals surface area contributed by atoms with Gasteiger partial charge in [-0.2, -0.15) is 11.8 Å². The Morgan fingerprint density at radius 2 is 2.10 bits per heavy atom. The van der Waals surface area contributed by atoms with Crippen molar-refractivity contribution in [2.75, 3.05) is 12.4 Å². The Hall–Kier alpha value is -0.680. The minimum absolute atomic E-state index is 0.0630. The molecule has 3 N–H and O–H groups in total. The molecular formula is C15H26N2O2S. The molecule has 0 aliphatic heterocycles. The van der Waals surface area contributed by atoms with E-state index in [4.69, 9.17) is 5.11 Å². The van der Waals surface area contributed by atoms with Crippen LogP contribution in [0.25, 0.3) is 0 Å². The van der Waals surface area contributed by atoms with E-state index in [1.807, 2.05) is 23.9 Å². The van der Waals surface area contributed by atoms with Gasteiger partial charge in [0.25, 0.3) is 0 Å². The van der Waals surface area contributed by atoms with Gasteiger partial charge in [-0.05, 0) is 25.0 Å². The average molecular weight is 298 g/mol. The lowest BCUT2D eigenvalue weighted by molar-refractivity contribution is 0.225. The number of nitrogens with one attached hydrogen (secondary N) is 2. The monoisotopic (exact) mass is 298 g/mol. The predicted molar refractivity (Wildman–Crippen MR) is 84.0 cm³/mol. The largest absolute Gasteiger partial charge is 0.396 e. The SMILES string of the molecule is CCSC1CCCCC1NC(=O)N[C@@H]1C=C[C@H](CO)C1. The zero-order valence-electron chi connectivity index (χ0n) is 12.2. The lowest BCUT2D eigenvalue weighted by atomic mass is 9.95. The van der Waals surface area contributed by atoms with Crippen molar-refractivity contribution in [2.45, 2.75) is 56.4 Å². The maximum atomic E-state index is 12.1. The normalized spacial score (nSPS) is 33.1. The quantitative estimate of drug-likeness (QED) is 0.682. The Labute approximate surface area is 125 Å². The highest BCUT2D eigenvalue weighted by Crippen LogP contribution is 2.28. The van der Waals surface area contributed by atoms with Crippen LogP contribution in [0.2, 0.25) is 0 Å². The number of aliphatic hydroxyl groups is 1. The molecule has 0 saturated heterocycles. The molecule has 2 unspecified atom stereocenters. The second-order valence-electron chi connectivity index (χ2n) is 5.67. The van der Waals surface area contributed by atoms with Gasteiger partial charge in [-0.3, -0.25) is 0 Å². The van der Waals surface area contributed by atoms with E-state index in [-0.39, 0.29) is 24.6 Å². The number of urea groups is 1. The van der Waals surface area contributed by atoms with Crippen molar-refractivity contribution >= 4 is 17.8 Å². The van der Waals surface area contributed by atoms with Gasteiger partial charge in [0.05, 0.1) is 0 Å². The zero-order chi connectivity index (χ0) is 14.4. The Morgan fingerprint density at radius 3 is 2.80 bits per heavy atom. The van der Waals surface area contributed by atoms with Crippen molar-refractivity contribution in [3.05, 3.63) is 12.2 Å². The first kappa shape index (κ1) is 15.7. The number of amides is 2. The molecule has 2 amide bonds. The second-order valence-corrected chi connectivity index (χ2v) is 7.19. The van der Waals surface area contributed by atoms with Crippen molar-refractivity contribution < 1.29 is 9.90 Å². The van der Waals surface area contributed by atoms with E-state index in [0.717, 1.165) is 18.6 Å². The van der Waals surface area contributed by atoms with Crippen LogP contribution in [-0.4, -0.2) is 40.8 Å². The van der Waals surface area contributed by atoms with Crippen molar-refractivity contribution in [2.24, 2.45) is 5.92 Å². The van der Waals surface area contributed by atoms with E-state index < -0.39 is 0 Å². The molecule has 2 rings (SSSR count). The highest BCUT2D eigenvalue weighted by molar-refractivity contribution is 7.99. The number of carbonyl (C=O) groups is 1. The average Bonchev–Trinajstić information content (AvgIpc) is 2.89. The first-order valence-electron chi connectivity index (χ1n) is 7.70. The molecule has 0 aromatic carbocycles. The minimum atomic E-state index is -0.0631. The van der Waals surface area contributed by atoms with Crippen LogP contribution in [0.15, 0.2) is 12.2 Å². The smallest absolute Gasteiger partial charge is 0.315 e. The van der Waals surface area contributed by atoms with Crippen LogP contribution in [0.1, 0.15) is 39.0 Å². The third-order valence-electron chi connectivity index (χ3n) is 4.12. The third kappa shape index (κ3) is 4.42. The van der Waals surface area contributed by atoms with Crippen molar-refractivity contribution in [3.63, 3.8) is 0 Å². The van der Waals surface area contributed by atoms with Crippen LogP contribution in [0.3, 0.4) is 0 Å². The number of rotatable bonds is 5. The summed E-state index contributed by atoms with van der Waals surface area (Å²) in [5, 5.41) is 15.8. The molecule has 114 valence electrons. The molecule has 4 nitrogen and oxygen atoms in total. The van der Waals surface area contributed by atoms with Crippen LogP contribution in [-0.2, 0) is 0 Å². The van der Waals surface area contributed by atoms with E-state index >= 15 is 0 Å². The van der Waals surface area contributed by atoms with Crippen LogP contribution < -0.4 is 10.6 Å². The Balaban J connectivity index is 1.77. The summed E-state index contributed by atoms with van der Waals surface area (Å²) in [6.45, 7) is 2.34. The first-order chi connectivity index (χ1) is 9.72. The lowest BCUT2D eigenvalue weighted by Gasteiger charge is -2.32. The maximum Gasteiger partial charge on any atom is 0.315 e. The van der Waals surface area contributed by atoms with Crippen molar-refractivity contribution in [3.8, 4) is 0 Å². The molecule has 0 bridgehead atoms. The summed E-state index contributed by atoms with van der Waals surface area (Å²) in [4.78, 5) is 12.1. The molecule has 0 aromatic heterocycles. The van der Waals surface area contributed by atoms with E-state index in [2.05, 4.69) is 17.6 Å². The number of carbonyl (C=O) groups excluding carboxylic acids is 1. The fourth-order valence-corrected chi connectivity index (χ4v) is 4.27. The van der Waals surface area contributed by atoms with Crippen LogP contribution in [0, 0.1) is 5.92 Å². The molecule has 5 heteroatoms. The number of hydrogen-bond donors (Lipinski definition) is 3. The molecule has 1 fully saturated rings. The van der Waals surface area contributed by atoms with E-state index in [0.29, 0.717) is 11.3 Å². The highest BCUT2D eigenvalue weighted by Gasteiger charge is 2.27. The maximum absolute atomic E-state index is 12.1. The van der Waals surface area contributed by atoms with Gasteiger partial charge in [-0.25, -0.2) is 4.79 Å². The minimum Gasteiger partial charge on any atom is -0.396 e. The molecule has 2 aliphatic rings. The molecule has 0 spiro atoms. The Morgan fingerprint density at radius 1 is 1.30 bits per heavy atom. The molecule has 0 heterocycles. The Kier molecular flexibility index (Phi) is 6.23. The predicted octanol–water partition coefficient (Wildman–Crippen LogP) is 2.29. The summed E-state index contributed by atoms with van der Waals surface area (Å²) in [5.74, 6) is 1.30. The molecule has 0 radical (unpaired) electrons. The van der Waals surface area contributed by atoms with Crippen molar-refractivity contribution in [1.82, 2.24) is 10.6 Å². The summed E-state index contributed by atoms with van der Waals surface area (Å²) in [6, 6.07) is 0.299. The summed E-state index contributed by atoms with van der Waals surface area (Å²) in [5.41, 5.74) is 0. The fraction of sp³-hybridized carbons (Fsp3) is 0.800. The standard InChI is InChI=1S/C15H26N2O2S/c1-2-20-14-6-4-3-5-13(14)17-15(19)16-12-8-7-11(9-12)10-18/h7-8,11-14,18H,2-6,9-10H2,1H3,(H2,16,17,19)/t11-,12+,13?,14?/m0/s1. The van der Waals surface area contributed by atoms with E-state index in [1.165, 1.54) is 19.3 Å². The van der Waals surface area contributed by atoms with Gasteiger partial charge >= 0.3 is 6.03 Å². The van der Waals surface area contributed by atoms with Crippen LogP contribution >= 0.6 is 11.8 Å². The van der Waals surface area contributed by atoms with Crippen LogP contribution in [0.5, 0.6) is 0 Å². The first-order valence-corrected chi connectivity index (χ1v) is 8.75. The summed E-state index contributed by atoms with van der Waals surface area (Å²) >= 11 is 1.96. The fourth-order valence-electron chi connectivity index (χ4n) is 3.07. The van der Waals surface area contributed by atoms with E-state index in [1.54, 1.807) is 0 Å². The number of aliphatic hydroxyl groups excluding tert-OH is 1. The van der Waals surface area contributed by atoms with Gasteiger partial charge in [0.15, 0.2) is 0 Å². The van der Waals surface area contributed by atoms with Gasteiger partial charge < -0.3 is 15.7 Å². The van der Waals surface area contributed by atoms with Gasteiger partial charge in [0.1, 0.15) is 0 Å². The third-order valence-corrected chi connectivity index (χ3v) is 5.45. The highest BCUT2D eigenvalue weighted by atomic mass is 32.2. The molecule has 1 saturated carbocycles. The topological polar surface area (TPSA) is 61.4 Å². The molecular weight excluding hydrogens is 272 g/mol.